The van der Waals surface area contributed by atoms with Gasteiger partial charge in [0.1, 0.15) is 5.75 Å². The van der Waals surface area contributed by atoms with Gasteiger partial charge in [-0.1, -0.05) is 11.6 Å². The zero-order valence-corrected chi connectivity index (χ0v) is 19.4. The fourth-order valence-electron chi connectivity index (χ4n) is 4.76. The molecule has 2 heterocycles. The standard InChI is InChI=1S/C23H27ClN4O5/c1-32-10-7-25-23(29)18-12-15-11-17(28(30)31)4-5-19(15)27-9-8-26(14-21(18)27)20-13-16(24)3-6-22(20)33-2/h3-6,11,13,18,21H,7-10,12,14H2,1-2H3,(H,25,29)/t18-,21+/m1/s1. The number of anilines is 2. The normalized spacial score (nSPS) is 19.5. The third-order valence-electron chi connectivity index (χ3n) is 6.33. The first-order valence-electron chi connectivity index (χ1n) is 10.8. The number of carbonyl (C=O) groups is 1. The van der Waals surface area contributed by atoms with Crippen LogP contribution in [-0.4, -0.2) is 63.9 Å². The Kier molecular flexibility index (Phi) is 6.90. The third-order valence-corrected chi connectivity index (χ3v) is 6.57. The van der Waals surface area contributed by atoms with Gasteiger partial charge in [-0.25, -0.2) is 0 Å². The molecule has 0 unspecified atom stereocenters. The number of ether oxygens (including phenoxy) is 2. The van der Waals surface area contributed by atoms with Gasteiger partial charge in [-0.15, -0.1) is 0 Å². The second-order valence-electron chi connectivity index (χ2n) is 8.19. The van der Waals surface area contributed by atoms with Crippen molar-refractivity contribution >= 4 is 34.6 Å². The third kappa shape index (κ3) is 4.69. The van der Waals surface area contributed by atoms with Crippen LogP contribution in [-0.2, 0) is 16.0 Å². The van der Waals surface area contributed by atoms with Crippen LogP contribution in [0, 0.1) is 16.0 Å². The van der Waals surface area contributed by atoms with Crippen LogP contribution in [0.15, 0.2) is 36.4 Å². The van der Waals surface area contributed by atoms with Gasteiger partial charge in [-0.3, -0.25) is 14.9 Å². The molecule has 4 rings (SSSR count). The number of benzene rings is 2. The van der Waals surface area contributed by atoms with Gasteiger partial charge in [0.2, 0.25) is 5.91 Å². The minimum atomic E-state index is -0.399. The molecule has 0 aliphatic carbocycles. The molecule has 0 radical (unpaired) electrons. The minimum Gasteiger partial charge on any atom is -0.495 e. The zero-order valence-electron chi connectivity index (χ0n) is 18.6. The number of amides is 1. The molecule has 1 fully saturated rings. The number of halogens is 1. The van der Waals surface area contributed by atoms with Gasteiger partial charge in [0.05, 0.1) is 36.3 Å². The van der Waals surface area contributed by atoms with Gasteiger partial charge in [0.15, 0.2) is 0 Å². The average Bonchev–Trinajstić information content (AvgIpc) is 2.82. The summed E-state index contributed by atoms with van der Waals surface area (Å²) in [5.41, 5.74) is 2.69. The maximum Gasteiger partial charge on any atom is 0.269 e. The van der Waals surface area contributed by atoms with Crippen LogP contribution in [0.5, 0.6) is 5.75 Å². The van der Waals surface area contributed by atoms with Gasteiger partial charge in [0, 0.05) is 56.1 Å². The van der Waals surface area contributed by atoms with Crippen molar-refractivity contribution in [2.45, 2.75) is 12.5 Å². The smallest absolute Gasteiger partial charge is 0.269 e. The fourth-order valence-corrected chi connectivity index (χ4v) is 4.93. The van der Waals surface area contributed by atoms with E-state index in [2.05, 4.69) is 15.1 Å². The number of methoxy groups -OCH3 is 2. The summed E-state index contributed by atoms with van der Waals surface area (Å²) in [5, 5.41) is 14.9. The molecule has 10 heteroatoms. The lowest BCUT2D eigenvalue weighted by atomic mass is 9.83. The van der Waals surface area contributed by atoms with E-state index in [1.54, 1.807) is 32.4 Å². The lowest BCUT2D eigenvalue weighted by Gasteiger charge is -2.49. The average molecular weight is 475 g/mol. The largest absolute Gasteiger partial charge is 0.495 e. The summed E-state index contributed by atoms with van der Waals surface area (Å²) in [4.78, 5) is 28.5. The Bertz CT molecular complexity index is 1050. The van der Waals surface area contributed by atoms with Gasteiger partial charge >= 0.3 is 0 Å². The SMILES string of the molecule is COCCNC(=O)[C@@H]1Cc2cc([N+](=O)[O-])ccc2N2CCN(c3cc(Cl)ccc3OC)C[C@@H]12. The Morgan fingerprint density at radius 2 is 2.03 bits per heavy atom. The molecule has 1 saturated heterocycles. The van der Waals surface area contributed by atoms with Crippen molar-refractivity contribution < 1.29 is 19.2 Å². The van der Waals surface area contributed by atoms with E-state index in [1.807, 2.05) is 12.1 Å². The molecule has 0 spiro atoms. The number of piperazine rings is 1. The second-order valence-corrected chi connectivity index (χ2v) is 8.62. The van der Waals surface area contributed by atoms with Crippen LogP contribution >= 0.6 is 11.6 Å². The van der Waals surface area contributed by atoms with Crippen molar-refractivity contribution in [3.8, 4) is 5.75 Å². The Balaban J connectivity index is 1.67. The van der Waals surface area contributed by atoms with Crippen LogP contribution in [0.3, 0.4) is 0 Å². The summed E-state index contributed by atoms with van der Waals surface area (Å²) in [6.07, 6.45) is 0.428. The molecule has 1 N–H and O–H groups in total. The molecule has 33 heavy (non-hydrogen) atoms. The molecular weight excluding hydrogens is 448 g/mol. The monoisotopic (exact) mass is 474 g/mol. The van der Waals surface area contributed by atoms with Crippen LogP contribution < -0.4 is 19.9 Å². The molecule has 2 aliphatic heterocycles. The van der Waals surface area contributed by atoms with Crippen molar-refractivity contribution in [1.29, 1.82) is 0 Å². The van der Waals surface area contributed by atoms with Gasteiger partial charge in [-0.05, 0) is 36.2 Å². The van der Waals surface area contributed by atoms with Crippen molar-refractivity contribution in [2.75, 3.05) is 56.8 Å². The zero-order chi connectivity index (χ0) is 23.5. The predicted octanol–water partition coefficient (Wildman–Crippen LogP) is 2.89. The number of hydrogen-bond donors (Lipinski definition) is 1. The summed E-state index contributed by atoms with van der Waals surface area (Å²) < 4.78 is 10.6. The van der Waals surface area contributed by atoms with Gasteiger partial charge < -0.3 is 24.6 Å². The minimum absolute atomic E-state index is 0.0352. The predicted molar refractivity (Wildman–Crippen MR) is 127 cm³/mol. The van der Waals surface area contributed by atoms with Crippen LogP contribution in [0.2, 0.25) is 5.02 Å². The summed E-state index contributed by atoms with van der Waals surface area (Å²) in [6, 6.07) is 10.3. The van der Waals surface area contributed by atoms with Crippen molar-refractivity contribution in [1.82, 2.24) is 5.32 Å². The number of nitro benzene ring substituents is 1. The van der Waals surface area contributed by atoms with Crippen molar-refractivity contribution in [2.24, 2.45) is 5.92 Å². The summed E-state index contributed by atoms with van der Waals surface area (Å²) in [6.45, 7) is 2.77. The van der Waals surface area contributed by atoms with Crippen molar-refractivity contribution in [3.63, 3.8) is 0 Å². The molecular formula is C23H27ClN4O5. The number of nitrogens with one attached hydrogen (secondary N) is 1. The van der Waals surface area contributed by atoms with E-state index in [0.29, 0.717) is 44.2 Å². The number of rotatable bonds is 7. The fraction of sp³-hybridized carbons (Fsp3) is 0.435. The topological polar surface area (TPSA) is 97.2 Å². The molecule has 2 aliphatic rings. The van der Waals surface area contributed by atoms with E-state index in [-0.39, 0.29) is 23.6 Å². The Morgan fingerprint density at radius 3 is 2.76 bits per heavy atom. The maximum absolute atomic E-state index is 13.2. The van der Waals surface area contributed by atoms with Crippen molar-refractivity contribution in [3.05, 3.63) is 57.1 Å². The number of nitrogens with zero attached hydrogens (tertiary/aromatic N) is 3. The second kappa shape index (κ2) is 9.84. The Hall–Kier alpha value is -3.04. The highest BCUT2D eigenvalue weighted by Crippen LogP contribution is 2.40. The van der Waals surface area contributed by atoms with Crippen LogP contribution in [0.1, 0.15) is 5.56 Å². The van der Waals surface area contributed by atoms with E-state index >= 15 is 0 Å². The molecule has 9 nitrogen and oxygen atoms in total. The highest BCUT2D eigenvalue weighted by atomic mass is 35.5. The van der Waals surface area contributed by atoms with Gasteiger partial charge in [0.25, 0.3) is 5.69 Å². The summed E-state index contributed by atoms with van der Waals surface area (Å²) in [7, 11) is 3.21. The molecule has 0 aromatic heterocycles. The lowest BCUT2D eigenvalue weighted by Crippen LogP contribution is -2.61. The Morgan fingerprint density at radius 1 is 1.21 bits per heavy atom. The number of nitro groups is 1. The highest BCUT2D eigenvalue weighted by Gasteiger charge is 2.42. The first-order valence-corrected chi connectivity index (χ1v) is 11.2. The first-order chi connectivity index (χ1) is 15.9. The van der Waals surface area contributed by atoms with E-state index in [9.17, 15) is 14.9 Å². The lowest BCUT2D eigenvalue weighted by molar-refractivity contribution is -0.384. The number of non-ortho nitro benzene ring substituents is 1. The maximum atomic E-state index is 13.2. The quantitative estimate of drug-likeness (QED) is 0.374. The first kappa shape index (κ1) is 23.1. The molecule has 2 aromatic rings. The van der Waals surface area contributed by atoms with E-state index in [4.69, 9.17) is 21.1 Å². The van der Waals surface area contributed by atoms with E-state index < -0.39 is 4.92 Å². The van der Waals surface area contributed by atoms with Gasteiger partial charge in [-0.2, -0.15) is 0 Å². The number of carbonyl (C=O) groups excluding carboxylic acids is 1. The molecule has 176 valence electrons. The Labute approximate surface area is 197 Å². The highest BCUT2D eigenvalue weighted by molar-refractivity contribution is 6.31. The van der Waals surface area contributed by atoms with E-state index in [1.165, 1.54) is 6.07 Å². The number of hydrogen-bond acceptors (Lipinski definition) is 7. The molecule has 0 saturated carbocycles. The summed E-state index contributed by atoms with van der Waals surface area (Å²) >= 11 is 6.26. The van der Waals surface area contributed by atoms with E-state index in [0.717, 1.165) is 22.7 Å². The van der Waals surface area contributed by atoms with Crippen LogP contribution in [0.4, 0.5) is 17.1 Å². The molecule has 2 atom stereocenters. The van der Waals surface area contributed by atoms with Crippen LogP contribution in [0.25, 0.3) is 0 Å². The number of fused-ring (bicyclic) bond motifs is 3. The molecule has 0 bridgehead atoms. The summed E-state index contributed by atoms with van der Waals surface area (Å²) in [5.74, 6) is 0.268. The molecule has 1 amide bonds. The molecule has 2 aromatic carbocycles.